The van der Waals surface area contributed by atoms with E-state index in [4.69, 9.17) is 4.74 Å². The molecule has 194 valence electrons. The maximum absolute atomic E-state index is 13.6. The summed E-state index contributed by atoms with van der Waals surface area (Å²) in [5.74, 6) is 11.3. The van der Waals surface area contributed by atoms with Crippen molar-refractivity contribution in [3.63, 3.8) is 0 Å². The number of hydrogen-bond donors (Lipinski definition) is 1. The lowest BCUT2D eigenvalue weighted by atomic mass is 9.86. The highest BCUT2D eigenvalue weighted by atomic mass is 16.5. The Labute approximate surface area is 227 Å². The number of rotatable bonds is 7. The summed E-state index contributed by atoms with van der Waals surface area (Å²) < 4.78 is 5.67. The van der Waals surface area contributed by atoms with Gasteiger partial charge >= 0.3 is 6.03 Å². The fourth-order valence-corrected chi connectivity index (χ4v) is 4.99. The third-order valence-corrected chi connectivity index (χ3v) is 6.96. The van der Waals surface area contributed by atoms with Crippen LogP contribution in [-0.4, -0.2) is 52.3 Å². The van der Waals surface area contributed by atoms with Crippen molar-refractivity contribution in [3.8, 4) is 40.6 Å². The van der Waals surface area contributed by atoms with Gasteiger partial charge in [0.15, 0.2) is 5.54 Å². The van der Waals surface area contributed by atoms with Crippen molar-refractivity contribution in [1.82, 2.24) is 20.1 Å². The number of carbonyl (C=O) groups is 3. The molecule has 0 spiro atoms. The van der Waals surface area contributed by atoms with Crippen molar-refractivity contribution in [2.45, 2.75) is 25.9 Å². The van der Waals surface area contributed by atoms with Gasteiger partial charge in [0.05, 0.1) is 13.1 Å². The Morgan fingerprint density at radius 1 is 0.949 bits per heavy atom. The van der Waals surface area contributed by atoms with Gasteiger partial charge in [-0.25, -0.2) is 4.79 Å². The van der Waals surface area contributed by atoms with E-state index in [1.54, 1.807) is 43.3 Å². The van der Waals surface area contributed by atoms with Gasteiger partial charge in [-0.3, -0.25) is 24.8 Å². The number of benzene rings is 2. The first kappa shape index (κ1) is 25.6. The average molecular weight is 519 g/mol. The molecule has 0 aliphatic carbocycles. The molecule has 1 fully saturated rings. The van der Waals surface area contributed by atoms with Crippen molar-refractivity contribution >= 4 is 17.8 Å². The molecule has 8 nitrogen and oxygen atoms in total. The van der Waals surface area contributed by atoms with Crippen molar-refractivity contribution in [3.05, 3.63) is 83.7 Å². The summed E-state index contributed by atoms with van der Waals surface area (Å²) in [5.41, 5.74) is 2.37. The molecule has 1 atom stereocenters. The van der Waals surface area contributed by atoms with E-state index in [2.05, 4.69) is 34.0 Å². The number of fused-ring (bicyclic) bond motifs is 1. The number of nitrogens with zero attached hydrogens (tertiary/aromatic N) is 3. The molecule has 1 N–H and O–H groups in total. The molecular weight excluding hydrogens is 492 g/mol. The molecule has 1 saturated heterocycles. The standard InChI is InChI=1S/C31H26N4O4/c1-3-5-17-35-30(38)33-29(37)31(35,25-9-7-22(8-10-25)23-13-15-32-16-14-23)21-34-20-24-19-26(39-18-6-4-2)11-12-27(24)28(34)36/h7-16,19H,17-18,20-21H2,1-2H3,(H,33,37,38). The minimum atomic E-state index is -1.45. The van der Waals surface area contributed by atoms with Crippen LogP contribution >= 0.6 is 0 Å². The van der Waals surface area contributed by atoms with Crippen molar-refractivity contribution < 1.29 is 19.1 Å². The van der Waals surface area contributed by atoms with Crippen LogP contribution in [0.4, 0.5) is 4.79 Å². The Balaban J connectivity index is 1.51. The Morgan fingerprint density at radius 3 is 2.38 bits per heavy atom. The summed E-state index contributed by atoms with van der Waals surface area (Å²) in [5, 5.41) is 2.46. The zero-order valence-corrected chi connectivity index (χ0v) is 21.7. The van der Waals surface area contributed by atoms with E-state index in [1.807, 2.05) is 42.5 Å². The third kappa shape index (κ3) is 4.69. The molecule has 0 radical (unpaired) electrons. The molecule has 1 aromatic heterocycles. The van der Waals surface area contributed by atoms with E-state index >= 15 is 0 Å². The van der Waals surface area contributed by atoms with Gasteiger partial charge in [-0.15, -0.1) is 11.8 Å². The first-order chi connectivity index (χ1) is 19.0. The smallest absolute Gasteiger partial charge is 0.326 e. The minimum absolute atomic E-state index is 0.0322. The molecule has 3 heterocycles. The fourth-order valence-electron chi connectivity index (χ4n) is 4.99. The van der Waals surface area contributed by atoms with Crippen molar-refractivity contribution in [1.29, 1.82) is 0 Å². The summed E-state index contributed by atoms with van der Waals surface area (Å²) in [6, 6.07) is 16.0. The van der Waals surface area contributed by atoms with E-state index in [0.717, 1.165) is 16.7 Å². The minimum Gasteiger partial charge on any atom is -0.481 e. The second-order valence-corrected chi connectivity index (χ2v) is 9.14. The summed E-state index contributed by atoms with van der Waals surface area (Å²) in [4.78, 5) is 47.2. The van der Waals surface area contributed by atoms with Gasteiger partial charge in [-0.1, -0.05) is 36.1 Å². The molecule has 4 amide bonds. The molecule has 39 heavy (non-hydrogen) atoms. The molecule has 2 aromatic carbocycles. The number of urea groups is 1. The van der Waals surface area contributed by atoms with Gasteiger partial charge in [-0.05, 0) is 66.4 Å². The SMILES string of the molecule is CC#CCOc1ccc2c(c1)CN(CC1(c3ccc(-c4ccncc4)cc3)C(=O)NC(=O)N1CC#CC)C2=O. The molecule has 0 saturated carbocycles. The van der Waals surface area contributed by atoms with E-state index in [0.29, 0.717) is 16.9 Å². The number of aromatic nitrogens is 1. The predicted molar refractivity (Wildman–Crippen MR) is 145 cm³/mol. The molecule has 5 rings (SSSR count). The molecule has 1 unspecified atom stereocenters. The van der Waals surface area contributed by atoms with Crippen molar-refractivity contribution in [2.24, 2.45) is 0 Å². The van der Waals surface area contributed by atoms with E-state index in [-0.39, 0.29) is 32.1 Å². The number of nitrogens with one attached hydrogen (secondary N) is 1. The third-order valence-electron chi connectivity index (χ3n) is 6.96. The summed E-state index contributed by atoms with van der Waals surface area (Å²) in [7, 11) is 0. The zero-order chi connectivity index (χ0) is 27.4. The van der Waals surface area contributed by atoms with Crippen LogP contribution < -0.4 is 10.1 Å². The first-order valence-electron chi connectivity index (χ1n) is 12.5. The van der Waals surface area contributed by atoms with Gasteiger partial charge in [0.1, 0.15) is 12.4 Å². The number of pyridine rings is 1. The molecule has 2 aliphatic heterocycles. The van der Waals surface area contributed by atoms with E-state index < -0.39 is 17.5 Å². The number of amides is 4. The maximum atomic E-state index is 13.6. The van der Waals surface area contributed by atoms with Crippen LogP contribution in [-0.2, 0) is 16.9 Å². The van der Waals surface area contributed by atoms with Gasteiger partial charge in [0.2, 0.25) is 0 Å². The van der Waals surface area contributed by atoms with Crippen LogP contribution in [0.1, 0.15) is 35.3 Å². The van der Waals surface area contributed by atoms with Gasteiger partial charge in [-0.2, -0.15) is 0 Å². The largest absolute Gasteiger partial charge is 0.481 e. The van der Waals surface area contributed by atoms with Gasteiger partial charge in [0, 0.05) is 24.5 Å². The summed E-state index contributed by atoms with van der Waals surface area (Å²) >= 11 is 0. The Kier molecular flexibility index (Phi) is 7.03. The molecule has 2 aliphatic rings. The van der Waals surface area contributed by atoms with Crippen LogP contribution in [0.5, 0.6) is 5.75 Å². The quantitative estimate of drug-likeness (QED) is 0.381. The van der Waals surface area contributed by atoms with Crippen LogP contribution in [0.15, 0.2) is 67.0 Å². The predicted octanol–water partition coefficient (Wildman–Crippen LogP) is 3.58. The van der Waals surface area contributed by atoms with E-state index in [1.165, 1.54) is 4.90 Å². The number of carbonyl (C=O) groups excluding carboxylic acids is 3. The lowest BCUT2D eigenvalue weighted by Crippen LogP contribution is -2.54. The average Bonchev–Trinajstić information content (AvgIpc) is 3.39. The lowest BCUT2D eigenvalue weighted by molar-refractivity contribution is -0.127. The first-order valence-corrected chi connectivity index (χ1v) is 12.5. The second kappa shape index (κ2) is 10.7. The topological polar surface area (TPSA) is 91.8 Å². The highest BCUT2D eigenvalue weighted by Gasteiger charge is 2.56. The molecule has 3 aromatic rings. The number of hydrogen-bond acceptors (Lipinski definition) is 5. The zero-order valence-electron chi connectivity index (χ0n) is 21.7. The van der Waals surface area contributed by atoms with Crippen LogP contribution in [0, 0.1) is 23.7 Å². The fraction of sp³-hybridized carbons (Fsp3) is 0.226. The second-order valence-electron chi connectivity index (χ2n) is 9.14. The van der Waals surface area contributed by atoms with Crippen LogP contribution in [0.3, 0.4) is 0 Å². The highest BCUT2D eigenvalue weighted by Crippen LogP contribution is 2.38. The van der Waals surface area contributed by atoms with Gasteiger partial charge in [0.25, 0.3) is 11.8 Å². The molecule has 0 bridgehead atoms. The molecule has 8 heteroatoms. The molecular formula is C31H26N4O4. The maximum Gasteiger partial charge on any atom is 0.326 e. The van der Waals surface area contributed by atoms with Crippen molar-refractivity contribution in [2.75, 3.05) is 19.7 Å². The summed E-state index contributed by atoms with van der Waals surface area (Å²) in [6.45, 7) is 3.94. The van der Waals surface area contributed by atoms with Gasteiger partial charge < -0.3 is 9.64 Å². The monoisotopic (exact) mass is 518 g/mol. The Bertz CT molecular complexity index is 1560. The Hall–Kier alpha value is -5.08. The van der Waals surface area contributed by atoms with E-state index in [9.17, 15) is 14.4 Å². The Morgan fingerprint density at radius 2 is 1.67 bits per heavy atom. The normalized spacial score (nSPS) is 17.6. The lowest BCUT2D eigenvalue weighted by Gasteiger charge is -2.37. The summed E-state index contributed by atoms with van der Waals surface area (Å²) in [6.07, 6.45) is 3.42. The highest BCUT2D eigenvalue weighted by molar-refractivity contribution is 6.08. The van der Waals surface area contributed by atoms with Crippen LogP contribution in [0.2, 0.25) is 0 Å². The number of ether oxygens (including phenoxy) is 1. The van der Waals surface area contributed by atoms with Crippen LogP contribution in [0.25, 0.3) is 11.1 Å². The number of imide groups is 1.